The lowest BCUT2D eigenvalue weighted by Gasteiger charge is -2.02. The second kappa shape index (κ2) is 4.54. The lowest BCUT2D eigenvalue weighted by atomic mass is 10.0. The lowest BCUT2D eigenvalue weighted by molar-refractivity contribution is 1.18. The van der Waals surface area contributed by atoms with Gasteiger partial charge in [-0.3, -0.25) is 0 Å². The summed E-state index contributed by atoms with van der Waals surface area (Å²) in [5.41, 5.74) is 3.99. The molecule has 0 atom stereocenters. The zero-order valence-corrected chi connectivity index (χ0v) is 9.67. The maximum absolute atomic E-state index is 4.27. The van der Waals surface area contributed by atoms with Crippen LogP contribution in [0.1, 0.15) is 16.7 Å². The molecule has 1 heteroatoms. The first kappa shape index (κ1) is 10.3. The summed E-state index contributed by atoms with van der Waals surface area (Å²) in [5, 5.41) is 0. The Morgan fingerprint density at radius 2 is 1.27 bits per heavy atom. The molecule has 0 saturated carbocycles. The third kappa shape index (κ3) is 2.87. The van der Waals surface area contributed by atoms with Gasteiger partial charge in [0, 0.05) is 4.90 Å². The number of benzene rings is 2. The largest absolute Gasteiger partial charge is 0.143 e. The zero-order chi connectivity index (χ0) is 10.7. The van der Waals surface area contributed by atoms with Crippen LogP contribution in [0.5, 0.6) is 0 Å². The normalized spacial score (nSPS) is 10.3. The third-order valence-electron chi connectivity index (χ3n) is 2.47. The van der Waals surface area contributed by atoms with Crippen molar-refractivity contribution in [2.45, 2.75) is 18.2 Å². The molecule has 0 saturated heterocycles. The van der Waals surface area contributed by atoms with Gasteiger partial charge in [0.1, 0.15) is 0 Å². The van der Waals surface area contributed by atoms with Crippen molar-refractivity contribution in [2.24, 2.45) is 0 Å². The third-order valence-corrected chi connectivity index (χ3v) is 2.76. The molecule has 0 nitrogen and oxygen atoms in total. The van der Waals surface area contributed by atoms with Gasteiger partial charge < -0.3 is 0 Å². The molecule has 0 spiro atoms. The molecule has 0 heterocycles. The van der Waals surface area contributed by atoms with Gasteiger partial charge in [-0.15, -0.1) is 12.6 Å². The van der Waals surface area contributed by atoms with Crippen LogP contribution < -0.4 is 0 Å². The Labute approximate surface area is 96.4 Å². The van der Waals surface area contributed by atoms with Crippen molar-refractivity contribution in [1.29, 1.82) is 0 Å². The van der Waals surface area contributed by atoms with Gasteiger partial charge in [-0.25, -0.2) is 0 Å². The highest BCUT2D eigenvalue weighted by Crippen LogP contribution is 2.13. The van der Waals surface area contributed by atoms with E-state index in [1.807, 2.05) is 12.1 Å². The topological polar surface area (TPSA) is 0 Å². The molecule has 15 heavy (non-hydrogen) atoms. The average Bonchev–Trinajstić information content (AvgIpc) is 2.25. The Morgan fingerprint density at radius 1 is 0.800 bits per heavy atom. The van der Waals surface area contributed by atoms with Crippen molar-refractivity contribution in [3.8, 4) is 0 Å². The monoisotopic (exact) mass is 214 g/mol. The minimum Gasteiger partial charge on any atom is -0.143 e. The molecule has 0 aromatic heterocycles. The van der Waals surface area contributed by atoms with E-state index in [0.29, 0.717) is 0 Å². The Kier molecular flexibility index (Phi) is 3.12. The second-order valence-electron chi connectivity index (χ2n) is 3.83. The van der Waals surface area contributed by atoms with E-state index in [4.69, 9.17) is 0 Å². The maximum atomic E-state index is 4.27. The van der Waals surface area contributed by atoms with E-state index in [0.717, 1.165) is 11.3 Å². The molecular weight excluding hydrogens is 200 g/mol. The van der Waals surface area contributed by atoms with Gasteiger partial charge in [-0.2, -0.15) is 0 Å². The Balaban J connectivity index is 2.15. The summed E-state index contributed by atoms with van der Waals surface area (Å²) in [4.78, 5) is 1.02. The van der Waals surface area contributed by atoms with Crippen molar-refractivity contribution < 1.29 is 0 Å². The first-order valence-electron chi connectivity index (χ1n) is 5.07. The van der Waals surface area contributed by atoms with Gasteiger partial charge >= 0.3 is 0 Å². The molecule has 0 aliphatic heterocycles. The molecule has 0 unspecified atom stereocenters. The minimum atomic E-state index is 0.994. The average molecular weight is 214 g/mol. The summed E-state index contributed by atoms with van der Waals surface area (Å²) in [6, 6.07) is 17.0. The van der Waals surface area contributed by atoms with E-state index in [1.54, 1.807) is 0 Å². The number of rotatable bonds is 2. The summed E-state index contributed by atoms with van der Waals surface area (Å²) < 4.78 is 0. The van der Waals surface area contributed by atoms with Crippen LogP contribution in [0.3, 0.4) is 0 Å². The molecule has 0 aliphatic carbocycles. The van der Waals surface area contributed by atoms with Gasteiger partial charge in [0.25, 0.3) is 0 Å². The number of aryl methyl sites for hydroxylation is 1. The van der Waals surface area contributed by atoms with E-state index in [2.05, 4.69) is 56.0 Å². The van der Waals surface area contributed by atoms with Crippen LogP contribution in [0, 0.1) is 6.92 Å². The fraction of sp³-hybridized carbons (Fsp3) is 0.143. The molecule has 2 aromatic rings. The summed E-state index contributed by atoms with van der Waals surface area (Å²) >= 11 is 4.27. The second-order valence-corrected chi connectivity index (χ2v) is 4.35. The molecule has 0 N–H and O–H groups in total. The summed E-state index contributed by atoms with van der Waals surface area (Å²) in [7, 11) is 0. The molecule has 2 aromatic carbocycles. The van der Waals surface area contributed by atoms with Crippen molar-refractivity contribution in [1.82, 2.24) is 0 Å². The van der Waals surface area contributed by atoms with Crippen molar-refractivity contribution in [3.63, 3.8) is 0 Å². The predicted octanol–water partition coefficient (Wildman–Crippen LogP) is 3.87. The Morgan fingerprint density at radius 3 is 1.80 bits per heavy atom. The van der Waals surface area contributed by atoms with Crippen LogP contribution in [0.2, 0.25) is 0 Å². The highest BCUT2D eigenvalue weighted by molar-refractivity contribution is 7.80. The van der Waals surface area contributed by atoms with E-state index < -0.39 is 0 Å². The standard InChI is InChI=1S/C14H14S/c1-11-2-4-12(5-3-11)10-13-6-8-14(15)9-7-13/h2-9,15H,10H2,1H3. The predicted molar refractivity (Wildman–Crippen MR) is 67.7 cm³/mol. The Hall–Kier alpha value is -1.21. The van der Waals surface area contributed by atoms with Gasteiger partial charge in [-0.1, -0.05) is 42.0 Å². The quantitative estimate of drug-likeness (QED) is 0.721. The SMILES string of the molecule is Cc1ccc(Cc2ccc(S)cc2)cc1. The van der Waals surface area contributed by atoms with Crippen molar-refractivity contribution in [2.75, 3.05) is 0 Å². The first-order valence-corrected chi connectivity index (χ1v) is 5.52. The van der Waals surface area contributed by atoms with Gasteiger partial charge in [0.15, 0.2) is 0 Å². The fourth-order valence-corrected chi connectivity index (χ4v) is 1.70. The van der Waals surface area contributed by atoms with Gasteiger partial charge in [-0.05, 0) is 36.6 Å². The zero-order valence-electron chi connectivity index (χ0n) is 8.77. The minimum absolute atomic E-state index is 0.994. The number of hydrogen-bond donors (Lipinski definition) is 1. The van der Waals surface area contributed by atoms with Crippen LogP contribution >= 0.6 is 12.6 Å². The molecule has 0 amide bonds. The molecule has 0 aliphatic rings. The maximum Gasteiger partial charge on any atom is 0.00401 e. The van der Waals surface area contributed by atoms with Crippen LogP contribution in [0.25, 0.3) is 0 Å². The molecule has 2 rings (SSSR count). The number of thiol groups is 1. The highest BCUT2D eigenvalue weighted by Gasteiger charge is 1.95. The van der Waals surface area contributed by atoms with E-state index in [9.17, 15) is 0 Å². The van der Waals surface area contributed by atoms with Crippen LogP contribution in [-0.2, 0) is 6.42 Å². The van der Waals surface area contributed by atoms with Crippen LogP contribution in [0.4, 0.5) is 0 Å². The van der Waals surface area contributed by atoms with Crippen LogP contribution in [0.15, 0.2) is 53.4 Å². The van der Waals surface area contributed by atoms with Crippen molar-refractivity contribution >= 4 is 12.6 Å². The molecule has 0 fully saturated rings. The molecular formula is C14H14S. The van der Waals surface area contributed by atoms with Gasteiger partial charge in [0.05, 0.1) is 0 Å². The van der Waals surface area contributed by atoms with E-state index >= 15 is 0 Å². The summed E-state index contributed by atoms with van der Waals surface area (Å²) in [6.45, 7) is 2.11. The highest BCUT2D eigenvalue weighted by atomic mass is 32.1. The van der Waals surface area contributed by atoms with Crippen molar-refractivity contribution in [3.05, 3.63) is 65.2 Å². The smallest absolute Gasteiger partial charge is 0.00401 e. The van der Waals surface area contributed by atoms with E-state index in [1.165, 1.54) is 16.7 Å². The van der Waals surface area contributed by atoms with Crippen LogP contribution in [-0.4, -0.2) is 0 Å². The molecule has 76 valence electrons. The number of hydrogen-bond acceptors (Lipinski definition) is 1. The Bertz CT molecular complexity index is 382. The fourth-order valence-electron chi connectivity index (χ4n) is 1.56. The van der Waals surface area contributed by atoms with E-state index in [-0.39, 0.29) is 0 Å². The summed E-state index contributed by atoms with van der Waals surface area (Å²) in [5.74, 6) is 0. The summed E-state index contributed by atoms with van der Waals surface area (Å²) in [6.07, 6.45) is 0.994. The molecule has 0 bridgehead atoms. The molecule has 0 radical (unpaired) electrons. The lowest BCUT2D eigenvalue weighted by Crippen LogP contribution is -1.87. The first-order chi connectivity index (χ1) is 7.24. The van der Waals surface area contributed by atoms with Gasteiger partial charge in [0.2, 0.25) is 0 Å².